The van der Waals surface area contributed by atoms with Crippen molar-refractivity contribution in [2.75, 3.05) is 38.1 Å². The van der Waals surface area contributed by atoms with Crippen LogP contribution < -0.4 is 4.90 Å². The van der Waals surface area contributed by atoms with Crippen LogP contribution in [0.15, 0.2) is 30.7 Å². The fourth-order valence-electron chi connectivity index (χ4n) is 3.29. The molecule has 2 atom stereocenters. The number of fused-ring (bicyclic) bond motifs is 1. The van der Waals surface area contributed by atoms with Crippen molar-refractivity contribution in [1.29, 1.82) is 0 Å². The summed E-state index contributed by atoms with van der Waals surface area (Å²) in [5, 5.41) is 16.7. The molecule has 4 rings (SSSR count). The largest absolute Gasteiger partial charge is 0.481 e. The van der Waals surface area contributed by atoms with E-state index in [1.807, 2.05) is 7.05 Å². The number of carboxylic acid groups (broad SMARTS) is 1. The summed E-state index contributed by atoms with van der Waals surface area (Å²) in [6, 6.07) is 3.20. The molecule has 0 aromatic carbocycles. The highest BCUT2D eigenvalue weighted by Crippen LogP contribution is 2.35. The number of aliphatic hydroxyl groups excluding tert-OH is 1. The minimum absolute atomic E-state index is 0.144. The second kappa shape index (κ2) is 11.2. The Morgan fingerprint density at radius 3 is 2.41 bits per heavy atom. The maximum Gasteiger partial charge on any atom is 0.412 e. The second-order valence-electron chi connectivity index (χ2n) is 7.77. The number of nitrogens with zero attached hydrogens (tertiary/aromatic N) is 6. The van der Waals surface area contributed by atoms with Crippen LogP contribution in [0.25, 0.3) is 0 Å². The number of likely N-dealkylation sites (N-methyl/N-ethyl adjacent to an activating group) is 1. The van der Waals surface area contributed by atoms with Crippen molar-refractivity contribution in [3.05, 3.63) is 47.1 Å². The average molecular weight is 493 g/mol. The highest BCUT2D eigenvalue weighted by molar-refractivity contribution is 6.30. The van der Waals surface area contributed by atoms with E-state index >= 15 is 0 Å². The van der Waals surface area contributed by atoms with Gasteiger partial charge in [-0.05, 0) is 26.1 Å². The van der Waals surface area contributed by atoms with E-state index in [1.54, 1.807) is 17.0 Å². The number of pyridine rings is 1. The van der Waals surface area contributed by atoms with E-state index in [2.05, 4.69) is 19.9 Å². The second-order valence-corrected chi connectivity index (χ2v) is 8.21. The third-order valence-electron chi connectivity index (χ3n) is 5.02. The molecule has 2 aromatic rings. The Hall–Kier alpha value is -3.35. The van der Waals surface area contributed by atoms with Gasteiger partial charge in [0.2, 0.25) is 6.23 Å². The van der Waals surface area contributed by atoms with Crippen molar-refractivity contribution in [2.24, 2.45) is 0 Å². The number of carboxylic acids is 1. The Balaban J connectivity index is 0.000000406. The first kappa shape index (κ1) is 25.3. The number of aliphatic carboxylic acids is 1. The number of aromatic nitrogens is 3. The lowest BCUT2D eigenvalue weighted by Gasteiger charge is -2.33. The van der Waals surface area contributed by atoms with Gasteiger partial charge in [-0.1, -0.05) is 11.6 Å². The number of hydrogen-bond donors (Lipinski definition) is 2. The van der Waals surface area contributed by atoms with Crippen LogP contribution in [0.3, 0.4) is 0 Å². The molecular weight excluding hydrogens is 468 g/mol. The number of carbonyl (C=O) groups is 3. The van der Waals surface area contributed by atoms with Crippen LogP contribution in [0.1, 0.15) is 35.8 Å². The summed E-state index contributed by atoms with van der Waals surface area (Å²) >= 11 is 5.89. The van der Waals surface area contributed by atoms with Gasteiger partial charge in [0.25, 0.3) is 5.91 Å². The van der Waals surface area contributed by atoms with Crippen molar-refractivity contribution in [1.82, 2.24) is 24.8 Å². The Morgan fingerprint density at radius 2 is 1.85 bits per heavy atom. The van der Waals surface area contributed by atoms with Crippen LogP contribution in [0.5, 0.6) is 0 Å². The fraction of sp³-hybridized carbons (Fsp3) is 0.429. The summed E-state index contributed by atoms with van der Waals surface area (Å²) in [7, 11) is 2.00. The molecule has 2 aliphatic heterocycles. The third-order valence-corrected chi connectivity index (χ3v) is 5.24. The molecule has 0 radical (unpaired) electrons. The maximum absolute atomic E-state index is 12.8. The summed E-state index contributed by atoms with van der Waals surface area (Å²) < 4.78 is 5.68. The van der Waals surface area contributed by atoms with Gasteiger partial charge in [-0.2, -0.15) is 0 Å². The molecule has 182 valence electrons. The number of anilines is 1. The van der Waals surface area contributed by atoms with Gasteiger partial charge in [-0.25, -0.2) is 19.7 Å². The average Bonchev–Trinajstić information content (AvgIpc) is 3.06. The van der Waals surface area contributed by atoms with Crippen molar-refractivity contribution in [3.63, 3.8) is 0 Å². The smallest absolute Gasteiger partial charge is 0.412 e. The predicted molar refractivity (Wildman–Crippen MR) is 120 cm³/mol. The SMILES string of the molecule is CN1CCN(C(=O)OC2c3nccnc3C(=O)N2c2ccc(Cl)cn2)CC1.C[C@@H](O)CC(=O)O. The van der Waals surface area contributed by atoms with Gasteiger partial charge in [0.05, 0.1) is 17.5 Å². The Morgan fingerprint density at radius 1 is 1.18 bits per heavy atom. The molecule has 34 heavy (non-hydrogen) atoms. The monoisotopic (exact) mass is 492 g/mol. The third kappa shape index (κ3) is 6.16. The zero-order valence-corrected chi connectivity index (χ0v) is 19.4. The zero-order chi connectivity index (χ0) is 24.8. The van der Waals surface area contributed by atoms with Gasteiger partial charge in [-0.3, -0.25) is 14.6 Å². The first-order valence-electron chi connectivity index (χ1n) is 10.5. The minimum atomic E-state index is -1.03. The number of halogens is 1. The normalized spacial score (nSPS) is 18.6. The van der Waals surface area contributed by atoms with Crippen molar-refractivity contribution < 1.29 is 29.3 Å². The lowest BCUT2D eigenvalue weighted by Crippen LogP contribution is -2.48. The Bertz CT molecular complexity index is 1030. The summed E-state index contributed by atoms with van der Waals surface area (Å²) in [5.41, 5.74) is 0.437. The van der Waals surface area contributed by atoms with Gasteiger partial charge in [0.15, 0.2) is 5.69 Å². The van der Waals surface area contributed by atoms with Gasteiger partial charge in [0, 0.05) is 44.8 Å². The Labute approximate surface area is 200 Å². The van der Waals surface area contributed by atoms with Crippen molar-refractivity contribution in [3.8, 4) is 0 Å². The highest BCUT2D eigenvalue weighted by Gasteiger charge is 2.44. The van der Waals surface area contributed by atoms with Crippen LogP contribution in [0, 0.1) is 0 Å². The van der Waals surface area contributed by atoms with Crippen molar-refractivity contribution >= 4 is 35.4 Å². The van der Waals surface area contributed by atoms with E-state index in [-0.39, 0.29) is 12.1 Å². The molecule has 4 heterocycles. The molecule has 0 bridgehead atoms. The number of amides is 2. The topological polar surface area (TPSA) is 149 Å². The molecule has 2 amide bonds. The number of carbonyl (C=O) groups excluding carboxylic acids is 2. The molecule has 12 nitrogen and oxygen atoms in total. The summed E-state index contributed by atoms with van der Waals surface area (Å²) in [4.78, 5) is 52.7. The van der Waals surface area contributed by atoms with Gasteiger partial charge in [-0.15, -0.1) is 0 Å². The van der Waals surface area contributed by atoms with Crippen LogP contribution >= 0.6 is 11.6 Å². The standard InChI is InChI=1S/C17H17ClN6O3.C4H8O3/c1-22-6-8-23(9-7-22)17(26)27-16-14-13(19-4-5-20-14)15(25)24(16)12-3-2-11(18)10-21-12;1-3(5)2-4(6)7/h2-5,10,16H,6-9H2,1H3;3,5H,2H2,1H3,(H,6,7)/t;3-/m.1/s1. The minimum Gasteiger partial charge on any atom is -0.481 e. The maximum atomic E-state index is 12.8. The van der Waals surface area contributed by atoms with E-state index in [0.717, 1.165) is 13.1 Å². The van der Waals surface area contributed by atoms with Gasteiger partial charge in [0.1, 0.15) is 11.5 Å². The molecule has 13 heteroatoms. The molecule has 2 aliphatic rings. The van der Waals surface area contributed by atoms with E-state index in [0.29, 0.717) is 29.6 Å². The van der Waals surface area contributed by atoms with Crippen LogP contribution in [-0.4, -0.2) is 92.3 Å². The number of piperazine rings is 1. The summed E-state index contributed by atoms with van der Waals surface area (Å²) in [5.74, 6) is -1.08. The Kier molecular flexibility index (Phi) is 8.31. The molecule has 2 aromatic heterocycles. The molecule has 0 spiro atoms. The summed E-state index contributed by atoms with van der Waals surface area (Å²) in [6.45, 7) is 4.08. The molecule has 1 saturated heterocycles. The predicted octanol–water partition coefficient (Wildman–Crippen LogP) is 1.41. The van der Waals surface area contributed by atoms with E-state index in [1.165, 1.54) is 30.4 Å². The lowest BCUT2D eigenvalue weighted by molar-refractivity contribution is -0.138. The number of aliphatic hydroxyl groups is 1. The van der Waals surface area contributed by atoms with E-state index < -0.39 is 30.3 Å². The molecule has 0 saturated carbocycles. The molecule has 1 unspecified atom stereocenters. The van der Waals surface area contributed by atoms with Crippen molar-refractivity contribution in [2.45, 2.75) is 25.7 Å². The first-order chi connectivity index (χ1) is 16.2. The van der Waals surface area contributed by atoms with E-state index in [9.17, 15) is 14.4 Å². The lowest BCUT2D eigenvalue weighted by atomic mass is 10.3. The summed E-state index contributed by atoms with van der Waals surface area (Å²) in [6.07, 6.45) is 1.89. The fourth-order valence-corrected chi connectivity index (χ4v) is 3.40. The van der Waals surface area contributed by atoms with Crippen LogP contribution in [-0.2, 0) is 9.53 Å². The van der Waals surface area contributed by atoms with E-state index in [4.69, 9.17) is 26.6 Å². The zero-order valence-electron chi connectivity index (χ0n) is 18.7. The molecule has 2 N–H and O–H groups in total. The first-order valence-corrected chi connectivity index (χ1v) is 10.8. The molecule has 0 aliphatic carbocycles. The van der Waals surface area contributed by atoms with Gasteiger partial charge < -0.3 is 24.7 Å². The van der Waals surface area contributed by atoms with Crippen LogP contribution in [0.2, 0.25) is 5.02 Å². The van der Waals surface area contributed by atoms with Crippen LogP contribution in [0.4, 0.5) is 10.6 Å². The number of rotatable bonds is 4. The van der Waals surface area contributed by atoms with Gasteiger partial charge >= 0.3 is 12.1 Å². The number of ether oxygens (including phenoxy) is 1. The highest BCUT2D eigenvalue weighted by atomic mass is 35.5. The molecule has 1 fully saturated rings. The molecular formula is C21H25ClN6O6. The quantitative estimate of drug-likeness (QED) is 0.641. The number of hydrogen-bond acceptors (Lipinski definition) is 9.